The van der Waals surface area contributed by atoms with Crippen molar-refractivity contribution >= 4 is 29.6 Å². The van der Waals surface area contributed by atoms with Crippen LogP contribution in [-0.4, -0.2) is 45.2 Å². The van der Waals surface area contributed by atoms with Gasteiger partial charge >= 0.3 is 5.97 Å². The van der Waals surface area contributed by atoms with Gasteiger partial charge in [-0.2, -0.15) is 0 Å². The minimum absolute atomic E-state index is 0.00446. The number of Topliss-reactive ketones (excluding diaryl/α,β-unsaturated/α-hetero) is 2. The largest absolute Gasteiger partial charge is 0.496 e. The number of ether oxygens (including phenoxy) is 3. The predicted molar refractivity (Wildman–Crippen MR) is 112 cm³/mol. The van der Waals surface area contributed by atoms with Gasteiger partial charge in [-0.3, -0.25) is 19.2 Å². The lowest BCUT2D eigenvalue weighted by Crippen LogP contribution is -2.42. The number of methoxy groups -OCH3 is 3. The van der Waals surface area contributed by atoms with Gasteiger partial charge in [0.15, 0.2) is 17.7 Å². The molecule has 166 valence electrons. The summed E-state index contributed by atoms with van der Waals surface area (Å²) < 4.78 is 16.2. The minimum Gasteiger partial charge on any atom is -0.496 e. The topological polar surface area (TPSA) is 96.0 Å². The highest BCUT2D eigenvalue weighted by molar-refractivity contribution is 6.06. The van der Waals surface area contributed by atoms with Gasteiger partial charge in [-0.05, 0) is 26.2 Å². The van der Waals surface area contributed by atoms with Crippen LogP contribution < -0.4 is 0 Å². The zero-order chi connectivity index (χ0) is 22.8. The predicted octanol–water partition coefficient (Wildman–Crippen LogP) is 2.85. The fourth-order valence-electron chi connectivity index (χ4n) is 4.91. The molecule has 1 aromatic rings. The van der Waals surface area contributed by atoms with Crippen LogP contribution in [0.3, 0.4) is 0 Å². The average molecular weight is 428 g/mol. The number of ketones is 2. The summed E-state index contributed by atoms with van der Waals surface area (Å²) >= 11 is 0. The van der Waals surface area contributed by atoms with E-state index in [1.807, 2.05) is 0 Å². The number of hydrogen-bond donors (Lipinski definition) is 0. The van der Waals surface area contributed by atoms with Gasteiger partial charge < -0.3 is 14.2 Å². The lowest BCUT2D eigenvalue weighted by molar-refractivity contribution is -0.152. The monoisotopic (exact) mass is 428 g/mol. The molecule has 0 radical (unpaired) electrons. The van der Waals surface area contributed by atoms with Gasteiger partial charge in [0.25, 0.3) is 0 Å². The molecular weight excluding hydrogens is 400 g/mol. The lowest BCUT2D eigenvalue weighted by atomic mass is 9.67. The minimum atomic E-state index is -1.33. The van der Waals surface area contributed by atoms with Gasteiger partial charge in [-0.15, -0.1) is 0 Å². The number of aldehydes is 1. The third kappa shape index (κ3) is 3.94. The van der Waals surface area contributed by atoms with E-state index in [0.717, 1.165) is 0 Å². The van der Waals surface area contributed by atoms with Crippen LogP contribution in [0.2, 0.25) is 0 Å². The number of fused-ring (bicyclic) bond motifs is 1. The maximum atomic E-state index is 13.8. The van der Waals surface area contributed by atoms with Gasteiger partial charge in [-0.25, -0.2) is 0 Å². The van der Waals surface area contributed by atoms with Crippen molar-refractivity contribution in [1.82, 2.24) is 0 Å². The summed E-state index contributed by atoms with van der Waals surface area (Å²) in [5.41, 5.74) is 0.176. The van der Waals surface area contributed by atoms with Crippen LogP contribution in [0.5, 0.6) is 0 Å². The second-order valence-electron chi connectivity index (χ2n) is 8.17. The standard InChI is InChI=1S/C24H28O7/c1-14(26)15-9-10-16(23(28)30-3)18(11-15)21(27)19-12-24(13-25,31-4)20-8-6-5-7-17(20)22(19)29-2/h5-8,13,15-16,18H,9-12H2,1-4H3. The Morgan fingerprint density at radius 3 is 2.35 bits per heavy atom. The van der Waals surface area contributed by atoms with E-state index in [1.54, 1.807) is 24.3 Å². The molecule has 2 aliphatic rings. The van der Waals surface area contributed by atoms with Crippen molar-refractivity contribution in [2.75, 3.05) is 21.3 Å². The Morgan fingerprint density at radius 2 is 1.77 bits per heavy atom. The number of benzene rings is 1. The second kappa shape index (κ2) is 9.14. The number of carbonyl (C=O) groups excluding carboxylic acids is 4. The molecule has 0 N–H and O–H groups in total. The molecule has 7 heteroatoms. The Hall–Kier alpha value is -2.80. The van der Waals surface area contributed by atoms with E-state index in [-0.39, 0.29) is 30.3 Å². The molecule has 0 heterocycles. The van der Waals surface area contributed by atoms with Gasteiger partial charge in [0.2, 0.25) is 0 Å². The Bertz CT molecular complexity index is 932. The smallest absolute Gasteiger partial charge is 0.309 e. The zero-order valence-corrected chi connectivity index (χ0v) is 18.3. The van der Waals surface area contributed by atoms with Crippen molar-refractivity contribution in [3.63, 3.8) is 0 Å². The van der Waals surface area contributed by atoms with Crippen LogP contribution >= 0.6 is 0 Å². The van der Waals surface area contributed by atoms with Crippen molar-refractivity contribution < 1.29 is 33.4 Å². The molecule has 1 aromatic carbocycles. The first-order valence-electron chi connectivity index (χ1n) is 10.3. The quantitative estimate of drug-likeness (QED) is 0.487. The molecule has 7 nitrogen and oxygen atoms in total. The first kappa shape index (κ1) is 22.9. The Kier molecular flexibility index (Phi) is 6.74. The third-order valence-electron chi connectivity index (χ3n) is 6.66. The first-order valence-corrected chi connectivity index (χ1v) is 10.3. The van der Waals surface area contributed by atoms with E-state index in [2.05, 4.69) is 0 Å². The second-order valence-corrected chi connectivity index (χ2v) is 8.17. The Labute approximate surface area is 181 Å². The van der Waals surface area contributed by atoms with Crippen LogP contribution in [0.4, 0.5) is 0 Å². The van der Waals surface area contributed by atoms with Gasteiger partial charge in [0.1, 0.15) is 11.5 Å². The molecule has 4 unspecified atom stereocenters. The summed E-state index contributed by atoms with van der Waals surface area (Å²) in [6.45, 7) is 1.50. The molecule has 0 aromatic heterocycles. The molecule has 4 atom stereocenters. The molecule has 0 spiro atoms. The summed E-state index contributed by atoms with van der Waals surface area (Å²) in [6, 6.07) is 7.13. The van der Waals surface area contributed by atoms with Gasteiger partial charge in [-0.1, -0.05) is 24.3 Å². The molecule has 31 heavy (non-hydrogen) atoms. The van der Waals surface area contributed by atoms with E-state index in [9.17, 15) is 19.2 Å². The highest BCUT2D eigenvalue weighted by Gasteiger charge is 2.47. The lowest BCUT2D eigenvalue weighted by Gasteiger charge is -2.38. The first-order chi connectivity index (χ1) is 14.8. The number of hydrogen-bond acceptors (Lipinski definition) is 7. The highest BCUT2D eigenvalue weighted by atomic mass is 16.5. The van der Waals surface area contributed by atoms with Crippen molar-refractivity contribution in [3.05, 3.63) is 41.0 Å². The van der Waals surface area contributed by atoms with Crippen molar-refractivity contribution in [2.45, 2.75) is 38.2 Å². The van der Waals surface area contributed by atoms with E-state index < -0.39 is 23.4 Å². The number of carbonyl (C=O) groups is 4. The fourth-order valence-corrected chi connectivity index (χ4v) is 4.91. The van der Waals surface area contributed by atoms with E-state index >= 15 is 0 Å². The van der Waals surface area contributed by atoms with Crippen LogP contribution in [0, 0.1) is 17.8 Å². The Balaban J connectivity index is 2.12. The van der Waals surface area contributed by atoms with Crippen molar-refractivity contribution in [1.29, 1.82) is 0 Å². The van der Waals surface area contributed by atoms with Gasteiger partial charge in [0.05, 0.1) is 20.1 Å². The van der Waals surface area contributed by atoms with E-state index in [4.69, 9.17) is 14.2 Å². The molecular formula is C24H28O7. The van der Waals surface area contributed by atoms with E-state index in [0.29, 0.717) is 41.6 Å². The molecule has 3 rings (SSSR count). The zero-order valence-electron chi connectivity index (χ0n) is 18.3. The molecule has 1 fully saturated rings. The van der Waals surface area contributed by atoms with Gasteiger partial charge in [0, 0.05) is 42.1 Å². The number of esters is 1. The molecule has 0 amide bonds. The fraction of sp³-hybridized carbons (Fsp3) is 0.500. The average Bonchev–Trinajstić information content (AvgIpc) is 2.81. The number of rotatable bonds is 7. The summed E-state index contributed by atoms with van der Waals surface area (Å²) in [6.07, 6.45) is 1.87. The van der Waals surface area contributed by atoms with E-state index in [1.165, 1.54) is 28.3 Å². The third-order valence-corrected chi connectivity index (χ3v) is 6.66. The summed E-state index contributed by atoms with van der Waals surface area (Å²) in [5, 5.41) is 0. The summed E-state index contributed by atoms with van der Waals surface area (Å²) in [4.78, 5) is 50.5. The van der Waals surface area contributed by atoms with Crippen molar-refractivity contribution in [2.24, 2.45) is 17.8 Å². The Morgan fingerprint density at radius 1 is 1.06 bits per heavy atom. The maximum Gasteiger partial charge on any atom is 0.309 e. The normalized spacial score (nSPS) is 27.8. The highest BCUT2D eigenvalue weighted by Crippen LogP contribution is 2.46. The molecule has 2 aliphatic carbocycles. The molecule has 0 aliphatic heterocycles. The summed E-state index contributed by atoms with van der Waals surface area (Å²) in [5.74, 6) is -2.10. The SMILES string of the molecule is COC(=O)C1CCC(C(C)=O)CC1C(=O)C1=C(OC)c2ccccc2C(C=O)(OC)C1. The molecule has 1 saturated carbocycles. The molecule has 0 bridgehead atoms. The van der Waals surface area contributed by atoms with Crippen molar-refractivity contribution in [3.8, 4) is 0 Å². The maximum absolute atomic E-state index is 13.8. The molecule has 0 saturated heterocycles. The van der Waals surface area contributed by atoms with Crippen LogP contribution in [-0.2, 0) is 39.0 Å². The van der Waals surface area contributed by atoms with Crippen LogP contribution in [0.1, 0.15) is 43.7 Å². The van der Waals surface area contributed by atoms with Crippen LogP contribution in [0.15, 0.2) is 29.8 Å². The summed E-state index contributed by atoms with van der Waals surface area (Å²) in [7, 11) is 4.19. The van der Waals surface area contributed by atoms with Crippen LogP contribution in [0.25, 0.3) is 5.76 Å².